The first kappa shape index (κ1) is 15.0. The number of thiophene rings is 1. The third-order valence-corrected chi connectivity index (χ3v) is 4.86. The van der Waals surface area contributed by atoms with E-state index in [0.717, 1.165) is 15.2 Å². The third kappa shape index (κ3) is 4.06. The normalized spacial score (nSPS) is 14.3. The second-order valence-electron chi connectivity index (χ2n) is 4.58. The monoisotopic (exact) mass is 357 g/mol. The van der Waals surface area contributed by atoms with Crippen molar-refractivity contribution in [2.75, 3.05) is 0 Å². The highest BCUT2D eigenvalue weighted by atomic mass is 79.9. The molecule has 1 aromatic heterocycles. The van der Waals surface area contributed by atoms with Crippen molar-refractivity contribution in [1.82, 2.24) is 5.32 Å². The van der Waals surface area contributed by atoms with Gasteiger partial charge in [-0.25, -0.2) is 0 Å². The summed E-state index contributed by atoms with van der Waals surface area (Å²) in [5.74, 6) is 0. The van der Waals surface area contributed by atoms with Gasteiger partial charge in [0.05, 0.1) is 4.34 Å². The summed E-state index contributed by atoms with van der Waals surface area (Å²) >= 11 is 11.1. The van der Waals surface area contributed by atoms with Crippen LogP contribution in [0.25, 0.3) is 0 Å². The fourth-order valence-corrected chi connectivity index (χ4v) is 3.34. The lowest BCUT2D eigenvalue weighted by Gasteiger charge is -2.22. The Labute approximate surface area is 132 Å². The second-order valence-corrected chi connectivity index (χ2v) is 7.04. The maximum atomic E-state index is 5.99. The number of halogens is 2. The Balaban J connectivity index is 2.08. The Bertz CT molecular complexity index is 523. The van der Waals surface area contributed by atoms with Crippen molar-refractivity contribution in [3.05, 3.63) is 55.6 Å². The molecule has 0 saturated heterocycles. The van der Waals surface area contributed by atoms with Crippen LogP contribution in [-0.2, 0) is 0 Å². The highest BCUT2D eigenvalue weighted by molar-refractivity contribution is 9.10. The van der Waals surface area contributed by atoms with Crippen molar-refractivity contribution in [1.29, 1.82) is 0 Å². The predicted molar refractivity (Wildman–Crippen MR) is 88.1 cm³/mol. The van der Waals surface area contributed by atoms with Crippen LogP contribution in [0.4, 0.5) is 0 Å². The molecule has 2 unspecified atom stereocenters. The van der Waals surface area contributed by atoms with Gasteiger partial charge in [-0.2, -0.15) is 0 Å². The summed E-state index contributed by atoms with van der Waals surface area (Å²) < 4.78 is 1.96. The lowest BCUT2D eigenvalue weighted by molar-refractivity contribution is 0.457. The molecule has 0 fully saturated rings. The molecule has 4 heteroatoms. The van der Waals surface area contributed by atoms with Crippen molar-refractivity contribution in [2.45, 2.75) is 32.4 Å². The number of nitrogens with one attached hydrogen (secondary N) is 1. The Morgan fingerprint density at radius 2 is 1.95 bits per heavy atom. The van der Waals surface area contributed by atoms with Gasteiger partial charge in [0, 0.05) is 16.6 Å². The predicted octanol–water partition coefficient (Wildman–Crippen LogP) is 5.97. The van der Waals surface area contributed by atoms with Gasteiger partial charge in [-0.05, 0) is 48.1 Å². The van der Waals surface area contributed by atoms with E-state index < -0.39 is 0 Å². The van der Waals surface area contributed by atoms with Crippen LogP contribution in [0.15, 0.2) is 40.2 Å². The Hall–Kier alpha value is -0.350. The summed E-state index contributed by atoms with van der Waals surface area (Å²) in [6.45, 7) is 4.38. The Morgan fingerprint density at radius 1 is 1.26 bits per heavy atom. The van der Waals surface area contributed by atoms with E-state index in [9.17, 15) is 0 Å². The molecule has 0 aliphatic rings. The van der Waals surface area contributed by atoms with Gasteiger partial charge in [0.15, 0.2) is 0 Å². The van der Waals surface area contributed by atoms with Crippen LogP contribution in [0.1, 0.15) is 43.5 Å². The van der Waals surface area contributed by atoms with Gasteiger partial charge in [0.1, 0.15) is 0 Å². The smallest absolute Gasteiger partial charge is 0.0931 e. The summed E-state index contributed by atoms with van der Waals surface area (Å²) in [7, 11) is 0. The molecule has 1 N–H and O–H groups in total. The van der Waals surface area contributed by atoms with E-state index in [1.807, 2.05) is 6.07 Å². The highest BCUT2D eigenvalue weighted by Crippen LogP contribution is 2.28. The number of rotatable bonds is 5. The Kier molecular flexibility index (Phi) is 5.46. The molecule has 0 aliphatic heterocycles. The van der Waals surface area contributed by atoms with Crippen LogP contribution < -0.4 is 5.32 Å². The quantitative estimate of drug-likeness (QED) is 0.694. The molecule has 19 heavy (non-hydrogen) atoms. The largest absolute Gasteiger partial charge is 0.303 e. The summed E-state index contributed by atoms with van der Waals surface area (Å²) in [5, 5.41) is 5.78. The minimum atomic E-state index is 0.303. The molecule has 0 radical (unpaired) electrons. The standard InChI is InChI=1S/C15H17BrClNS/c1-3-14(11-4-6-13(16)7-5-11)18-10(2)12-8-15(17)19-9-12/h4-10,14,18H,3H2,1-2H3. The molecule has 2 aromatic rings. The first-order valence-electron chi connectivity index (χ1n) is 6.35. The van der Waals surface area contributed by atoms with Gasteiger partial charge in [-0.1, -0.05) is 46.6 Å². The van der Waals surface area contributed by atoms with Crippen LogP contribution in [0.2, 0.25) is 4.34 Å². The fraction of sp³-hybridized carbons (Fsp3) is 0.333. The minimum absolute atomic E-state index is 0.303. The number of benzene rings is 1. The zero-order chi connectivity index (χ0) is 13.8. The molecule has 2 atom stereocenters. The average molecular weight is 359 g/mol. The molecule has 2 rings (SSSR count). The SMILES string of the molecule is CCC(NC(C)c1csc(Cl)c1)c1ccc(Br)cc1. The summed E-state index contributed by atoms with van der Waals surface area (Å²) in [6, 6.07) is 11.2. The van der Waals surface area contributed by atoms with Crippen molar-refractivity contribution in [3.63, 3.8) is 0 Å². The van der Waals surface area contributed by atoms with Gasteiger partial charge >= 0.3 is 0 Å². The molecule has 0 bridgehead atoms. The van der Waals surface area contributed by atoms with Crippen molar-refractivity contribution in [3.8, 4) is 0 Å². The zero-order valence-electron chi connectivity index (χ0n) is 11.0. The molecule has 1 aromatic carbocycles. The minimum Gasteiger partial charge on any atom is -0.303 e. The van der Waals surface area contributed by atoms with E-state index in [2.05, 4.69) is 64.7 Å². The third-order valence-electron chi connectivity index (χ3n) is 3.22. The highest BCUT2D eigenvalue weighted by Gasteiger charge is 2.14. The first-order valence-corrected chi connectivity index (χ1v) is 8.40. The zero-order valence-corrected chi connectivity index (χ0v) is 14.1. The van der Waals surface area contributed by atoms with Gasteiger partial charge < -0.3 is 5.32 Å². The number of hydrogen-bond acceptors (Lipinski definition) is 2. The first-order chi connectivity index (χ1) is 9.10. The molecular weight excluding hydrogens is 342 g/mol. The van der Waals surface area contributed by atoms with Crippen LogP contribution in [-0.4, -0.2) is 0 Å². The second kappa shape index (κ2) is 6.89. The Morgan fingerprint density at radius 3 is 2.47 bits per heavy atom. The maximum Gasteiger partial charge on any atom is 0.0931 e. The van der Waals surface area contributed by atoms with Gasteiger partial charge in [0.25, 0.3) is 0 Å². The fourth-order valence-electron chi connectivity index (χ4n) is 2.09. The van der Waals surface area contributed by atoms with Gasteiger partial charge in [-0.15, -0.1) is 11.3 Å². The molecule has 1 heterocycles. The van der Waals surface area contributed by atoms with E-state index in [4.69, 9.17) is 11.6 Å². The summed E-state index contributed by atoms with van der Waals surface area (Å²) in [5.41, 5.74) is 2.57. The lowest BCUT2D eigenvalue weighted by Crippen LogP contribution is -2.23. The van der Waals surface area contributed by atoms with E-state index in [0.29, 0.717) is 12.1 Å². The van der Waals surface area contributed by atoms with E-state index in [1.165, 1.54) is 11.1 Å². The molecule has 0 aliphatic carbocycles. The maximum absolute atomic E-state index is 5.99. The summed E-state index contributed by atoms with van der Waals surface area (Å²) in [4.78, 5) is 0. The summed E-state index contributed by atoms with van der Waals surface area (Å²) in [6.07, 6.45) is 1.06. The molecule has 1 nitrogen and oxygen atoms in total. The van der Waals surface area contributed by atoms with Crippen molar-refractivity contribution >= 4 is 38.9 Å². The van der Waals surface area contributed by atoms with Gasteiger partial charge in [-0.3, -0.25) is 0 Å². The molecule has 102 valence electrons. The number of hydrogen-bond donors (Lipinski definition) is 1. The van der Waals surface area contributed by atoms with Crippen LogP contribution >= 0.6 is 38.9 Å². The molecule has 0 saturated carbocycles. The van der Waals surface area contributed by atoms with Crippen LogP contribution in [0.3, 0.4) is 0 Å². The van der Waals surface area contributed by atoms with E-state index >= 15 is 0 Å². The molecular formula is C15H17BrClNS. The average Bonchev–Trinajstić information content (AvgIpc) is 2.84. The van der Waals surface area contributed by atoms with Gasteiger partial charge in [0.2, 0.25) is 0 Å². The lowest BCUT2D eigenvalue weighted by atomic mass is 10.0. The van der Waals surface area contributed by atoms with Crippen LogP contribution in [0, 0.1) is 0 Å². The molecule has 0 amide bonds. The van der Waals surface area contributed by atoms with Crippen molar-refractivity contribution in [2.24, 2.45) is 0 Å². The van der Waals surface area contributed by atoms with Crippen LogP contribution in [0.5, 0.6) is 0 Å². The van der Waals surface area contributed by atoms with E-state index in [-0.39, 0.29) is 0 Å². The molecule has 0 spiro atoms. The van der Waals surface area contributed by atoms with E-state index in [1.54, 1.807) is 11.3 Å². The topological polar surface area (TPSA) is 12.0 Å². The van der Waals surface area contributed by atoms with Crippen molar-refractivity contribution < 1.29 is 0 Å².